The van der Waals surface area contributed by atoms with Crippen LogP contribution in [0.5, 0.6) is 5.75 Å². The molecule has 1 aromatic carbocycles. The zero-order chi connectivity index (χ0) is 17.6. The van der Waals surface area contributed by atoms with Crippen LogP contribution in [0.1, 0.15) is 39.0 Å². The minimum Gasteiger partial charge on any atom is -0.495 e. The van der Waals surface area contributed by atoms with Crippen LogP contribution in [0.4, 0.5) is 5.69 Å². The maximum atomic E-state index is 12.6. The second-order valence-corrected chi connectivity index (χ2v) is 7.38. The molecule has 1 aromatic rings. The van der Waals surface area contributed by atoms with Crippen molar-refractivity contribution >= 4 is 11.6 Å². The Morgan fingerprint density at radius 3 is 2.56 bits per heavy atom. The number of anilines is 1. The molecular weight excluding hydrogens is 314 g/mol. The lowest BCUT2D eigenvalue weighted by atomic mass is 9.95. The van der Waals surface area contributed by atoms with Crippen LogP contribution in [0.3, 0.4) is 0 Å². The molecule has 0 aromatic heterocycles. The van der Waals surface area contributed by atoms with Crippen molar-refractivity contribution in [3.63, 3.8) is 0 Å². The lowest BCUT2D eigenvalue weighted by Crippen LogP contribution is -3.19. The molecule has 1 saturated carbocycles. The van der Waals surface area contributed by atoms with Crippen molar-refractivity contribution in [3.8, 4) is 5.75 Å². The van der Waals surface area contributed by atoms with E-state index in [9.17, 15) is 4.79 Å². The number of rotatable bonds is 5. The van der Waals surface area contributed by atoms with E-state index in [0.717, 1.165) is 50.5 Å². The van der Waals surface area contributed by atoms with Crippen molar-refractivity contribution in [2.45, 2.75) is 51.1 Å². The Labute approximate surface area is 151 Å². The number of nitrogens with one attached hydrogen (secondary N) is 2. The van der Waals surface area contributed by atoms with E-state index in [1.807, 2.05) is 12.1 Å². The summed E-state index contributed by atoms with van der Waals surface area (Å²) in [5.41, 5.74) is 1.16. The van der Waals surface area contributed by atoms with E-state index in [4.69, 9.17) is 4.74 Å². The van der Waals surface area contributed by atoms with Crippen molar-refractivity contribution in [1.82, 2.24) is 5.32 Å². The van der Waals surface area contributed by atoms with Gasteiger partial charge in [0, 0.05) is 6.04 Å². The number of amides is 1. The summed E-state index contributed by atoms with van der Waals surface area (Å²) in [6.45, 7) is 5.95. The molecular formula is C20H32N3O2+. The molecule has 2 aliphatic rings. The van der Waals surface area contributed by atoms with E-state index in [0.29, 0.717) is 6.04 Å². The molecule has 1 heterocycles. The number of hydrogen-bond acceptors (Lipinski definition) is 3. The molecule has 2 N–H and O–H groups in total. The predicted octanol–water partition coefficient (Wildman–Crippen LogP) is 1.24. The van der Waals surface area contributed by atoms with E-state index in [1.165, 1.54) is 24.2 Å². The zero-order valence-corrected chi connectivity index (χ0v) is 15.6. The van der Waals surface area contributed by atoms with Crippen LogP contribution in [0.2, 0.25) is 0 Å². The van der Waals surface area contributed by atoms with Crippen LogP contribution < -0.4 is 19.9 Å². The van der Waals surface area contributed by atoms with Gasteiger partial charge < -0.3 is 19.9 Å². The molecule has 0 spiro atoms. The van der Waals surface area contributed by atoms with Gasteiger partial charge in [0.25, 0.3) is 5.91 Å². The Bertz CT molecular complexity index is 564. The molecule has 3 rings (SSSR count). The largest absolute Gasteiger partial charge is 0.495 e. The van der Waals surface area contributed by atoms with Crippen LogP contribution in [-0.2, 0) is 4.79 Å². The summed E-state index contributed by atoms with van der Waals surface area (Å²) in [6.07, 6.45) is 6.12. The highest BCUT2D eigenvalue weighted by Gasteiger charge is 2.31. The van der Waals surface area contributed by atoms with Crippen LogP contribution >= 0.6 is 0 Å². The van der Waals surface area contributed by atoms with Crippen molar-refractivity contribution in [2.24, 2.45) is 0 Å². The molecule has 5 heteroatoms. The third kappa shape index (κ3) is 4.46. The Morgan fingerprint density at radius 1 is 1.20 bits per heavy atom. The van der Waals surface area contributed by atoms with Gasteiger partial charge in [-0.2, -0.15) is 0 Å². The number of quaternary nitrogens is 1. The van der Waals surface area contributed by atoms with Gasteiger partial charge >= 0.3 is 0 Å². The van der Waals surface area contributed by atoms with Gasteiger partial charge in [0.1, 0.15) is 5.75 Å². The highest BCUT2D eigenvalue weighted by molar-refractivity contribution is 5.80. The first-order valence-corrected chi connectivity index (χ1v) is 9.72. The summed E-state index contributed by atoms with van der Waals surface area (Å²) in [7, 11) is 1.72. The fourth-order valence-corrected chi connectivity index (χ4v) is 4.12. The number of nitrogens with zero attached hydrogens (tertiary/aromatic N) is 1. The molecule has 0 radical (unpaired) electrons. The quantitative estimate of drug-likeness (QED) is 0.843. The van der Waals surface area contributed by atoms with Crippen LogP contribution in [0, 0.1) is 0 Å². The molecule has 25 heavy (non-hydrogen) atoms. The topological polar surface area (TPSA) is 46.0 Å². The summed E-state index contributed by atoms with van der Waals surface area (Å²) in [6, 6.07) is 8.61. The summed E-state index contributed by atoms with van der Waals surface area (Å²) in [5, 5.41) is 3.28. The van der Waals surface area contributed by atoms with Gasteiger partial charge in [-0.25, -0.2) is 0 Å². The van der Waals surface area contributed by atoms with Gasteiger partial charge in [-0.15, -0.1) is 0 Å². The van der Waals surface area contributed by atoms with Crippen LogP contribution in [0.25, 0.3) is 0 Å². The van der Waals surface area contributed by atoms with E-state index in [2.05, 4.69) is 29.3 Å². The number of carbonyl (C=O) groups is 1. The van der Waals surface area contributed by atoms with Gasteiger partial charge in [-0.1, -0.05) is 31.4 Å². The van der Waals surface area contributed by atoms with Crippen LogP contribution in [-0.4, -0.2) is 51.3 Å². The van der Waals surface area contributed by atoms with E-state index in [-0.39, 0.29) is 11.9 Å². The third-order valence-corrected chi connectivity index (χ3v) is 5.79. The Balaban J connectivity index is 1.51. The molecule has 0 unspecified atom stereocenters. The summed E-state index contributed by atoms with van der Waals surface area (Å²) in [5.74, 6) is 1.15. The van der Waals surface area contributed by atoms with Crippen molar-refractivity contribution < 1.29 is 14.4 Å². The average Bonchev–Trinajstić information content (AvgIpc) is 2.68. The first kappa shape index (κ1) is 18.1. The molecule has 138 valence electrons. The first-order valence-electron chi connectivity index (χ1n) is 9.72. The molecule has 1 atom stereocenters. The average molecular weight is 346 g/mol. The molecule has 5 nitrogen and oxygen atoms in total. The fraction of sp³-hybridized carbons (Fsp3) is 0.650. The normalized spacial score (nSPS) is 21.0. The Hall–Kier alpha value is -1.75. The molecule has 1 amide bonds. The summed E-state index contributed by atoms with van der Waals surface area (Å²) in [4.78, 5) is 16.4. The number of hydrogen-bond donors (Lipinski definition) is 2. The van der Waals surface area contributed by atoms with Crippen molar-refractivity contribution in [3.05, 3.63) is 24.3 Å². The Kier molecular flexibility index (Phi) is 6.19. The molecule has 2 fully saturated rings. The molecule has 0 bridgehead atoms. The zero-order valence-electron chi connectivity index (χ0n) is 15.6. The van der Waals surface area contributed by atoms with E-state index < -0.39 is 0 Å². The smallest absolute Gasteiger partial charge is 0.278 e. The molecule has 1 aliphatic carbocycles. The number of methoxy groups -OCH3 is 1. The monoisotopic (exact) mass is 346 g/mol. The number of piperazine rings is 1. The number of carbonyl (C=O) groups excluding carboxylic acids is 1. The van der Waals surface area contributed by atoms with E-state index >= 15 is 0 Å². The predicted molar refractivity (Wildman–Crippen MR) is 100 cm³/mol. The van der Waals surface area contributed by atoms with Crippen molar-refractivity contribution in [2.75, 3.05) is 38.2 Å². The minimum absolute atomic E-state index is 0.0294. The first-order chi connectivity index (χ1) is 12.2. The lowest BCUT2D eigenvalue weighted by molar-refractivity contribution is -0.914. The van der Waals surface area contributed by atoms with Gasteiger partial charge in [-0.3, -0.25) is 4.79 Å². The van der Waals surface area contributed by atoms with Gasteiger partial charge in [0.2, 0.25) is 0 Å². The standard InChI is InChI=1S/C20H31N3O2/c1-16(20(24)21-17-8-4-3-5-9-17)22-12-14-23(15-13-22)18-10-6-7-11-19(18)25-2/h6-7,10-11,16-17H,3-5,8-9,12-15H2,1-2H3,(H,21,24)/p+1/t16-/m0/s1. The van der Waals surface area contributed by atoms with Gasteiger partial charge in [0.15, 0.2) is 6.04 Å². The second kappa shape index (κ2) is 8.56. The highest BCUT2D eigenvalue weighted by Crippen LogP contribution is 2.27. The number of ether oxygens (including phenoxy) is 1. The molecule has 1 aliphatic heterocycles. The highest BCUT2D eigenvalue weighted by atomic mass is 16.5. The number of benzene rings is 1. The second-order valence-electron chi connectivity index (χ2n) is 7.38. The van der Waals surface area contributed by atoms with Crippen LogP contribution in [0.15, 0.2) is 24.3 Å². The minimum atomic E-state index is 0.0294. The molecule has 1 saturated heterocycles. The van der Waals surface area contributed by atoms with Gasteiger partial charge in [0.05, 0.1) is 39.0 Å². The maximum Gasteiger partial charge on any atom is 0.278 e. The SMILES string of the molecule is COc1ccccc1N1CC[NH+]([C@@H](C)C(=O)NC2CCCCC2)CC1. The Morgan fingerprint density at radius 2 is 1.88 bits per heavy atom. The fourth-order valence-electron chi connectivity index (χ4n) is 4.12. The summed E-state index contributed by atoms with van der Waals surface area (Å²) >= 11 is 0. The number of para-hydroxylation sites is 2. The maximum absolute atomic E-state index is 12.6. The lowest BCUT2D eigenvalue weighted by Gasteiger charge is -2.37. The van der Waals surface area contributed by atoms with Gasteiger partial charge in [-0.05, 0) is 31.9 Å². The van der Waals surface area contributed by atoms with E-state index in [1.54, 1.807) is 7.11 Å². The third-order valence-electron chi connectivity index (χ3n) is 5.79. The van der Waals surface area contributed by atoms with Crippen molar-refractivity contribution in [1.29, 1.82) is 0 Å². The summed E-state index contributed by atoms with van der Waals surface area (Å²) < 4.78 is 5.48.